The van der Waals surface area contributed by atoms with Gasteiger partial charge in [-0.3, -0.25) is 4.90 Å². The lowest BCUT2D eigenvalue weighted by atomic mass is 10.2. The number of hydrogen-bond donors (Lipinski definition) is 1. The lowest BCUT2D eigenvalue weighted by Gasteiger charge is -2.18. The van der Waals surface area contributed by atoms with Gasteiger partial charge < -0.3 is 19.3 Å². The minimum atomic E-state index is -0.0548. The van der Waals surface area contributed by atoms with Crippen LogP contribution in [-0.4, -0.2) is 50.5 Å². The molecule has 0 saturated carbocycles. The number of methoxy groups -OCH3 is 2. The lowest BCUT2D eigenvalue weighted by Crippen LogP contribution is -2.25. The second kappa shape index (κ2) is 7.36. The van der Waals surface area contributed by atoms with Gasteiger partial charge in [-0.1, -0.05) is 0 Å². The first-order chi connectivity index (χ1) is 9.78. The van der Waals surface area contributed by atoms with Gasteiger partial charge in [-0.2, -0.15) is 0 Å². The molecule has 1 aromatic carbocycles. The van der Waals surface area contributed by atoms with Gasteiger partial charge in [0.2, 0.25) is 5.75 Å². The summed E-state index contributed by atoms with van der Waals surface area (Å²) in [6.07, 6.45) is 2.55. The highest BCUT2D eigenvalue weighted by Crippen LogP contribution is 2.38. The van der Waals surface area contributed by atoms with Crippen molar-refractivity contribution in [1.82, 2.24) is 4.90 Å². The molecule has 1 heterocycles. The third-order valence-electron chi connectivity index (χ3n) is 3.56. The molecule has 2 rings (SSSR count). The van der Waals surface area contributed by atoms with E-state index in [4.69, 9.17) is 14.2 Å². The van der Waals surface area contributed by atoms with Crippen molar-refractivity contribution >= 4 is 0 Å². The summed E-state index contributed by atoms with van der Waals surface area (Å²) in [5.41, 5.74) is 0.741. The molecule has 5 nitrogen and oxygen atoms in total. The summed E-state index contributed by atoms with van der Waals surface area (Å²) < 4.78 is 16.5. The Morgan fingerprint density at radius 1 is 1.10 bits per heavy atom. The van der Waals surface area contributed by atoms with Crippen LogP contribution in [0.4, 0.5) is 0 Å². The lowest BCUT2D eigenvalue weighted by molar-refractivity contribution is 0.221. The smallest absolute Gasteiger partial charge is 0.203 e. The number of aliphatic hydroxyl groups is 1. The van der Waals surface area contributed by atoms with Gasteiger partial charge in [0.1, 0.15) is 6.61 Å². The SMILES string of the molecule is COc1cc(CO)cc(OC)c1OCCN1CCCC1. The van der Waals surface area contributed by atoms with E-state index in [-0.39, 0.29) is 6.61 Å². The molecule has 0 amide bonds. The van der Waals surface area contributed by atoms with Gasteiger partial charge in [-0.15, -0.1) is 0 Å². The molecule has 0 atom stereocenters. The first kappa shape index (κ1) is 14.9. The Bertz CT molecular complexity index is 405. The minimum absolute atomic E-state index is 0.0548. The molecule has 1 aliphatic rings. The highest BCUT2D eigenvalue weighted by Gasteiger charge is 2.16. The Hall–Kier alpha value is -1.46. The van der Waals surface area contributed by atoms with E-state index in [1.807, 2.05) is 0 Å². The van der Waals surface area contributed by atoms with E-state index in [0.717, 1.165) is 25.2 Å². The molecular weight excluding hydrogens is 258 g/mol. The van der Waals surface area contributed by atoms with Gasteiger partial charge in [-0.25, -0.2) is 0 Å². The number of aliphatic hydroxyl groups excluding tert-OH is 1. The zero-order valence-electron chi connectivity index (χ0n) is 12.2. The van der Waals surface area contributed by atoms with Gasteiger partial charge >= 0.3 is 0 Å². The molecule has 1 aromatic rings. The van der Waals surface area contributed by atoms with Gasteiger partial charge in [0.15, 0.2) is 11.5 Å². The third kappa shape index (κ3) is 3.55. The highest BCUT2D eigenvalue weighted by atomic mass is 16.5. The molecule has 1 N–H and O–H groups in total. The normalized spacial score (nSPS) is 15.3. The summed E-state index contributed by atoms with van der Waals surface area (Å²) in [6.45, 7) is 3.77. The fourth-order valence-electron chi connectivity index (χ4n) is 2.45. The largest absolute Gasteiger partial charge is 0.493 e. The average Bonchev–Trinajstić information content (AvgIpc) is 3.00. The summed E-state index contributed by atoms with van der Waals surface area (Å²) in [4.78, 5) is 2.39. The van der Waals surface area contributed by atoms with Gasteiger partial charge in [-0.05, 0) is 43.6 Å². The average molecular weight is 281 g/mol. The van der Waals surface area contributed by atoms with Crippen molar-refractivity contribution in [3.05, 3.63) is 17.7 Å². The maximum Gasteiger partial charge on any atom is 0.203 e. The van der Waals surface area contributed by atoms with Crippen LogP contribution in [0.3, 0.4) is 0 Å². The third-order valence-corrected chi connectivity index (χ3v) is 3.56. The van der Waals surface area contributed by atoms with Gasteiger partial charge in [0.05, 0.1) is 20.8 Å². The van der Waals surface area contributed by atoms with Crippen molar-refractivity contribution < 1.29 is 19.3 Å². The van der Waals surface area contributed by atoms with Crippen LogP contribution in [0.2, 0.25) is 0 Å². The molecule has 0 bridgehead atoms. The molecule has 0 aromatic heterocycles. The predicted octanol–water partition coefficient (Wildman–Crippen LogP) is 1.67. The first-order valence-electron chi connectivity index (χ1n) is 6.99. The van der Waals surface area contributed by atoms with E-state index in [1.165, 1.54) is 12.8 Å². The summed E-state index contributed by atoms with van der Waals surface area (Å²) >= 11 is 0. The molecule has 0 unspecified atom stereocenters. The number of ether oxygens (including phenoxy) is 3. The molecule has 20 heavy (non-hydrogen) atoms. The second-order valence-electron chi connectivity index (χ2n) is 4.88. The standard InChI is InChI=1S/C15H23NO4/c1-18-13-9-12(11-17)10-14(19-2)15(13)20-8-7-16-5-3-4-6-16/h9-10,17H,3-8,11H2,1-2H3. The molecule has 5 heteroatoms. The van der Waals surface area contributed by atoms with Crippen LogP contribution < -0.4 is 14.2 Å². The van der Waals surface area contributed by atoms with Crippen molar-refractivity contribution in [1.29, 1.82) is 0 Å². The van der Waals surface area contributed by atoms with Crippen LogP contribution in [0, 0.1) is 0 Å². The molecule has 1 aliphatic heterocycles. The Kier molecular flexibility index (Phi) is 5.49. The molecule has 0 radical (unpaired) electrons. The highest BCUT2D eigenvalue weighted by molar-refractivity contribution is 5.53. The summed E-state index contributed by atoms with van der Waals surface area (Å²) in [5.74, 6) is 1.79. The van der Waals surface area contributed by atoms with E-state index < -0.39 is 0 Å². The second-order valence-corrected chi connectivity index (χ2v) is 4.88. The summed E-state index contributed by atoms with van der Waals surface area (Å²) in [5, 5.41) is 9.23. The van der Waals surface area contributed by atoms with Crippen LogP contribution >= 0.6 is 0 Å². The van der Waals surface area contributed by atoms with Crippen LogP contribution in [0.5, 0.6) is 17.2 Å². The maximum absolute atomic E-state index is 9.23. The van der Waals surface area contributed by atoms with Crippen molar-refractivity contribution in [3.63, 3.8) is 0 Å². The van der Waals surface area contributed by atoms with E-state index in [1.54, 1.807) is 26.4 Å². The molecule has 112 valence electrons. The molecule has 0 spiro atoms. The van der Waals surface area contributed by atoms with Crippen LogP contribution in [0.1, 0.15) is 18.4 Å². The Morgan fingerprint density at radius 2 is 1.70 bits per heavy atom. The van der Waals surface area contributed by atoms with Crippen LogP contribution in [0.25, 0.3) is 0 Å². The van der Waals surface area contributed by atoms with E-state index in [2.05, 4.69) is 4.90 Å². The van der Waals surface area contributed by atoms with E-state index in [9.17, 15) is 5.11 Å². The summed E-state index contributed by atoms with van der Waals surface area (Å²) in [7, 11) is 3.17. The Balaban J connectivity index is 2.04. The maximum atomic E-state index is 9.23. The molecular formula is C15H23NO4. The number of benzene rings is 1. The molecule has 0 aliphatic carbocycles. The van der Waals surface area contributed by atoms with Crippen LogP contribution in [-0.2, 0) is 6.61 Å². The number of rotatable bonds is 7. The molecule has 1 saturated heterocycles. The zero-order valence-corrected chi connectivity index (χ0v) is 12.2. The fourth-order valence-corrected chi connectivity index (χ4v) is 2.45. The Labute approximate surface area is 120 Å². The van der Waals surface area contributed by atoms with Crippen molar-refractivity contribution in [2.45, 2.75) is 19.4 Å². The van der Waals surface area contributed by atoms with Crippen molar-refractivity contribution in [2.75, 3.05) is 40.5 Å². The monoisotopic (exact) mass is 281 g/mol. The number of likely N-dealkylation sites (tertiary alicyclic amines) is 1. The summed E-state index contributed by atoms with van der Waals surface area (Å²) in [6, 6.07) is 3.54. The van der Waals surface area contributed by atoms with Crippen LogP contribution in [0.15, 0.2) is 12.1 Å². The van der Waals surface area contributed by atoms with Gasteiger partial charge in [0.25, 0.3) is 0 Å². The number of nitrogens with zero attached hydrogens (tertiary/aromatic N) is 1. The fraction of sp³-hybridized carbons (Fsp3) is 0.600. The zero-order chi connectivity index (χ0) is 14.4. The minimum Gasteiger partial charge on any atom is -0.493 e. The quantitative estimate of drug-likeness (QED) is 0.824. The van der Waals surface area contributed by atoms with E-state index >= 15 is 0 Å². The van der Waals surface area contributed by atoms with Gasteiger partial charge in [0, 0.05) is 6.54 Å². The van der Waals surface area contributed by atoms with Crippen molar-refractivity contribution in [2.24, 2.45) is 0 Å². The van der Waals surface area contributed by atoms with Crippen molar-refractivity contribution in [3.8, 4) is 17.2 Å². The Morgan fingerprint density at radius 3 is 2.20 bits per heavy atom. The number of hydrogen-bond acceptors (Lipinski definition) is 5. The van der Waals surface area contributed by atoms with E-state index in [0.29, 0.717) is 23.9 Å². The predicted molar refractivity (Wildman–Crippen MR) is 76.6 cm³/mol. The topological polar surface area (TPSA) is 51.2 Å². The molecule has 1 fully saturated rings. The first-order valence-corrected chi connectivity index (χ1v) is 6.99.